The van der Waals surface area contributed by atoms with Crippen LogP contribution in [0, 0.1) is 5.92 Å². The number of nitrogens with one attached hydrogen (secondary N) is 2. The Kier molecular flexibility index (Phi) is 17.9. The van der Waals surface area contributed by atoms with Crippen LogP contribution in [-0.4, -0.2) is 38.8 Å². The third kappa shape index (κ3) is 15.9. The zero-order valence-corrected chi connectivity index (χ0v) is 15.3. The molecular weight excluding hydrogens is 353 g/mol. The lowest BCUT2D eigenvalue weighted by Crippen LogP contribution is -2.39. The van der Waals surface area contributed by atoms with Crippen molar-refractivity contribution in [1.82, 2.24) is 10.6 Å². The second-order valence-corrected chi connectivity index (χ2v) is 4.77. The van der Waals surface area contributed by atoms with Gasteiger partial charge in [0, 0.05) is 26.2 Å². The van der Waals surface area contributed by atoms with Gasteiger partial charge in [0.1, 0.15) is 0 Å². The Morgan fingerprint density at radius 3 is 2.47 bits per heavy atom. The van der Waals surface area contributed by atoms with Crippen LogP contribution in [0.3, 0.4) is 0 Å². The van der Waals surface area contributed by atoms with E-state index in [1.54, 1.807) is 0 Å². The molecule has 0 heterocycles. The van der Waals surface area contributed by atoms with Gasteiger partial charge in [0.25, 0.3) is 0 Å². The van der Waals surface area contributed by atoms with Gasteiger partial charge in [0.05, 0.1) is 6.61 Å². The first-order valence-electron chi connectivity index (χ1n) is 7.30. The highest BCUT2D eigenvalue weighted by atomic mass is 127. The van der Waals surface area contributed by atoms with E-state index in [4.69, 9.17) is 4.74 Å². The molecule has 0 amide bonds. The van der Waals surface area contributed by atoms with Gasteiger partial charge < -0.3 is 15.4 Å². The maximum absolute atomic E-state index is 5.29. The van der Waals surface area contributed by atoms with Crippen molar-refractivity contribution in [3.8, 4) is 0 Å². The van der Waals surface area contributed by atoms with Gasteiger partial charge in [0.2, 0.25) is 0 Å². The van der Waals surface area contributed by atoms with Crippen LogP contribution in [0.5, 0.6) is 0 Å². The summed E-state index contributed by atoms with van der Waals surface area (Å²) in [4.78, 5) is 4.55. The van der Waals surface area contributed by atoms with Crippen LogP contribution in [0.1, 0.15) is 47.0 Å². The third-order valence-electron chi connectivity index (χ3n) is 2.55. The molecule has 0 aliphatic heterocycles. The molecular formula is C14H32IN3O. The number of nitrogens with zero attached hydrogens (tertiary/aromatic N) is 1. The van der Waals surface area contributed by atoms with Crippen LogP contribution in [0.4, 0.5) is 0 Å². The molecule has 0 saturated heterocycles. The number of halogens is 1. The number of guanidine groups is 1. The highest BCUT2D eigenvalue weighted by Crippen LogP contribution is 2.05. The lowest BCUT2D eigenvalue weighted by atomic mass is 10.1. The van der Waals surface area contributed by atoms with Crippen molar-refractivity contribution in [2.75, 3.05) is 32.8 Å². The molecule has 0 unspecified atom stereocenters. The van der Waals surface area contributed by atoms with E-state index in [1.807, 2.05) is 6.92 Å². The van der Waals surface area contributed by atoms with Crippen LogP contribution >= 0.6 is 24.0 Å². The topological polar surface area (TPSA) is 45.7 Å². The first-order chi connectivity index (χ1) is 8.70. The summed E-state index contributed by atoms with van der Waals surface area (Å²) >= 11 is 0. The minimum atomic E-state index is 0. The molecule has 0 atom stereocenters. The Morgan fingerprint density at radius 2 is 1.89 bits per heavy atom. The molecule has 0 aliphatic rings. The summed E-state index contributed by atoms with van der Waals surface area (Å²) in [7, 11) is 0. The molecule has 0 aromatic rings. The zero-order chi connectivity index (χ0) is 13.6. The maximum atomic E-state index is 5.29. The molecule has 0 bridgehead atoms. The summed E-state index contributed by atoms with van der Waals surface area (Å²) in [6, 6.07) is 0. The van der Waals surface area contributed by atoms with Gasteiger partial charge >= 0.3 is 0 Å². The van der Waals surface area contributed by atoms with Crippen molar-refractivity contribution < 1.29 is 4.74 Å². The predicted octanol–water partition coefficient (Wildman–Crippen LogP) is 3.02. The zero-order valence-electron chi connectivity index (χ0n) is 13.0. The SMILES string of the molecule is CCNC(=NCCCCC(C)C)NCCOCC.I. The quantitative estimate of drug-likeness (QED) is 0.263. The lowest BCUT2D eigenvalue weighted by molar-refractivity contribution is 0.152. The van der Waals surface area contributed by atoms with Crippen LogP contribution in [-0.2, 0) is 4.74 Å². The van der Waals surface area contributed by atoms with Crippen molar-refractivity contribution in [3.63, 3.8) is 0 Å². The van der Waals surface area contributed by atoms with Gasteiger partial charge in [-0.05, 0) is 26.2 Å². The monoisotopic (exact) mass is 385 g/mol. The van der Waals surface area contributed by atoms with Crippen molar-refractivity contribution >= 4 is 29.9 Å². The average molecular weight is 385 g/mol. The van der Waals surface area contributed by atoms with Gasteiger partial charge in [-0.25, -0.2) is 0 Å². The molecule has 0 fully saturated rings. The first kappa shape index (κ1) is 21.3. The van der Waals surface area contributed by atoms with Crippen LogP contribution < -0.4 is 10.6 Å². The van der Waals surface area contributed by atoms with E-state index in [9.17, 15) is 0 Å². The molecule has 2 N–H and O–H groups in total. The second kappa shape index (κ2) is 16.0. The molecule has 4 nitrogen and oxygen atoms in total. The number of unbranched alkanes of at least 4 members (excludes halogenated alkanes) is 1. The fourth-order valence-electron chi connectivity index (χ4n) is 1.58. The highest BCUT2D eigenvalue weighted by molar-refractivity contribution is 14.0. The normalized spacial score (nSPS) is 11.3. The largest absolute Gasteiger partial charge is 0.380 e. The highest BCUT2D eigenvalue weighted by Gasteiger charge is 1.97. The smallest absolute Gasteiger partial charge is 0.191 e. The fraction of sp³-hybridized carbons (Fsp3) is 0.929. The molecule has 0 aromatic carbocycles. The fourth-order valence-corrected chi connectivity index (χ4v) is 1.58. The van der Waals surface area contributed by atoms with E-state index in [0.29, 0.717) is 0 Å². The minimum absolute atomic E-state index is 0. The van der Waals surface area contributed by atoms with E-state index in [1.165, 1.54) is 19.3 Å². The second-order valence-electron chi connectivity index (χ2n) is 4.77. The molecule has 0 spiro atoms. The van der Waals surface area contributed by atoms with Gasteiger partial charge in [-0.15, -0.1) is 24.0 Å². The minimum Gasteiger partial charge on any atom is -0.380 e. The summed E-state index contributed by atoms with van der Waals surface area (Å²) in [5.74, 6) is 1.70. The Labute approximate surface area is 136 Å². The number of hydrogen-bond acceptors (Lipinski definition) is 2. The Balaban J connectivity index is 0. The molecule has 0 saturated carbocycles. The van der Waals surface area contributed by atoms with E-state index in [-0.39, 0.29) is 24.0 Å². The molecule has 0 aliphatic carbocycles. The molecule has 0 rings (SSSR count). The summed E-state index contributed by atoms with van der Waals surface area (Å²) in [5.41, 5.74) is 0. The number of hydrogen-bond donors (Lipinski definition) is 2. The summed E-state index contributed by atoms with van der Waals surface area (Å²) in [6.45, 7) is 12.7. The maximum Gasteiger partial charge on any atom is 0.191 e. The van der Waals surface area contributed by atoms with Crippen molar-refractivity contribution in [1.29, 1.82) is 0 Å². The Hall–Kier alpha value is -0.0400. The first-order valence-corrected chi connectivity index (χ1v) is 7.30. The Bertz CT molecular complexity index is 211. The predicted molar refractivity (Wildman–Crippen MR) is 94.6 cm³/mol. The average Bonchev–Trinajstić information content (AvgIpc) is 2.33. The number of rotatable bonds is 10. The van der Waals surface area contributed by atoms with Gasteiger partial charge in [-0.1, -0.05) is 26.7 Å². The number of aliphatic imine (C=N–C) groups is 1. The summed E-state index contributed by atoms with van der Waals surface area (Å²) in [6.07, 6.45) is 3.73. The number of ether oxygens (including phenoxy) is 1. The third-order valence-corrected chi connectivity index (χ3v) is 2.55. The molecule has 5 heteroatoms. The molecule has 0 aromatic heterocycles. The molecule has 116 valence electrons. The summed E-state index contributed by atoms with van der Waals surface area (Å²) in [5, 5.41) is 6.51. The molecule has 19 heavy (non-hydrogen) atoms. The van der Waals surface area contributed by atoms with Gasteiger partial charge in [-0.3, -0.25) is 4.99 Å². The van der Waals surface area contributed by atoms with E-state index >= 15 is 0 Å². The Morgan fingerprint density at radius 1 is 1.16 bits per heavy atom. The van der Waals surface area contributed by atoms with Crippen molar-refractivity contribution in [2.45, 2.75) is 47.0 Å². The van der Waals surface area contributed by atoms with E-state index in [2.05, 4.69) is 36.4 Å². The van der Waals surface area contributed by atoms with Crippen molar-refractivity contribution in [2.24, 2.45) is 10.9 Å². The van der Waals surface area contributed by atoms with E-state index in [0.717, 1.165) is 44.7 Å². The van der Waals surface area contributed by atoms with Crippen LogP contribution in [0.25, 0.3) is 0 Å². The lowest BCUT2D eigenvalue weighted by Gasteiger charge is -2.11. The van der Waals surface area contributed by atoms with Crippen molar-refractivity contribution in [3.05, 3.63) is 0 Å². The van der Waals surface area contributed by atoms with E-state index < -0.39 is 0 Å². The van der Waals surface area contributed by atoms with Crippen LogP contribution in [0.2, 0.25) is 0 Å². The summed E-state index contributed by atoms with van der Waals surface area (Å²) < 4.78 is 5.29. The molecule has 0 radical (unpaired) electrons. The van der Waals surface area contributed by atoms with Crippen LogP contribution in [0.15, 0.2) is 4.99 Å². The van der Waals surface area contributed by atoms with Gasteiger partial charge in [-0.2, -0.15) is 0 Å². The van der Waals surface area contributed by atoms with Gasteiger partial charge in [0.15, 0.2) is 5.96 Å². The standard InChI is InChI=1S/C14H31N3O.HI/c1-5-15-14(17-11-12-18-6-2)16-10-8-7-9-13(3)4;/h13H,5-12H2,1-4H3,(H2,15,16,17);1H.